The number of amides is 2. The zero-order chi connectivity index (χ0) is 11.0. The predicted octanol–water partition coefficient (Wildman–Crippen LogP) is 0.141. The molecule has 4 atom stereocenters. The fourth-order valence-electron chi connectivity index (χ4n) is 3.38. The topological polar surface area (TPSA) is 58.2 Å². The summed E-state index contributed by atoms with van der Waals surface area (Å²) >= 11 is 0. The highest BCUT2D eigenvalue weighted by molar-refractivity contribution is 5.88. The Labute approximate surface area is 89.8 Å². The molecule has 0 aliphatic heterocycles. The Balaban J connectivity index is 2.19. The van der Waals surface area contributed by atoms with Crippen molar-refractivity contribution in [2.24, 2.45) is 23.7 Å². The summed E-state index contributed by atoms with van der Waals surface area (Å²) in [5.41, 5.74) is 0. The molecule has 2 saturated carbocycles. The first-order valence-electron chi connectivity index (χ1n) is 5.62. The first kappa shape index (κ1) is 10.5. The summed E-state index contributed by atoms with van der Waals surface area (Å²) in [4.78, 5) is 23.5. The average Bonchev–Trinajstić information content (AvgIpc) is 2.86. The van der Waals surface area contributed by atoms with Gasteiger partial charge in [0, 0.05) is 14.1 Å². The summed E-state index contributed by atoms with van der Waals surface area (Å²) in [6.07, 6.45) is 3.27. The van der Waals surface area contributed by atoms with Crippen LogP contribution >= 0.6 is 0 Å². The van der Waals surface area contributed by atoms with Gasteiger partial charge in [0.2, 0.25) is 11.8 Å². The number of hydrogen-bond acceptors (Lipinski definition) is 2. The van der Waals surface area contributed by atoms with Crippen molar-refractivity contribution in [2.45, 2.75) is 19.3 Å². The van der Waals surface area contributed by atoms with Gasteiger partial charge in [-0.25, -0.2) is 0 Å². The van der Waals surface area contributed by atoms with Crippen molar-refractivity contribution < 1.29 is 9.59 Å². The number of rotatable bonds is 2. The Morgan fingerprint density at radius 3 is 1.67 bits per heavy atom. The van der Waals surface area contributed by atoms with Crippen LogP contribution in [0.5, 0.6) is 0 Å². The van der Waals surface area contributed by atoms with Crippen LogP contribution in [0.3, 0.4) is 0 Å². The van der Waals surface area contributed by atoms with E-state index < -0.39 is 0 Å². The molecule has 2 fully saturated rings. The van der Waals surface area contributed by atoms with Crippen LogP contribution in [0.25, 0.3) is 0 Å². The molecule has 84 valence electrons. The number of nitrogens with one attached hydrogen (secondary N) is 2. The highest BCUT2D eigenvalue weighted by atomic mass is 16.2. The summed E-state index contributed by atoms with van der Waals surface area (Å²) in [7, 11) is 3.30. The van der Waals surface area contributed by atoms with Crippen LogP contribution in [0, 0.1) is 23.7 Å². The Kier molecular flexibility index (Phi) is 2.67. The minimum atomic E-state index is -0.0892. The van der Waals surface area contributed by atoms with Crippen molar-refractivity contribution in [3.05, 3.63) is 0 Å². The largest absolute Gasteiger partial charge is 0.359 e. The van der Waals surface area contributed by atoms with Crippen molar-refractivity contribution in [2.75, 3.05) is 14.1 Å². The number of carbonyl (C=O) groups excluding carboxylic acids is 2. The minimum Gasteiger partial charge on any atom is -0.359 e. The Bertz CT molecular complexity index is 262. The first-order chi connectivity index (χ1) is 7.19. The lowest BCUT2D eigenvalue weighted by Gasteiger charge is -2.28. The molecular formula is C11H18N2O2. The van der Waals surface area contributed by atoms with Gasteiger partial charge in [-0.05, 0) is 31.1 Å². The van der Waals surface area contributed by atoms with Gasteiger partial charge in [-0.2, -0.15) is 0 Å². The van der Waals surface area contributed by atoms with E-state index in [1.807, 2.05) is 0 Å². The van der Waals surface area contributed by atoms with Gasteiger partial charge >= 0.3 is 0 Å². The van der Waals surface area contributed by atoms with E-state index in [2.05, 4.69) is 10.6 Å². The number of carbonyl (C=O) groups is 2. The molecule has 0 unspecified atom stereocenters. The summed E-state index contributed by atoms with van der Waals surface area (Å²) in [5, 5.41) is 5.36. The molecule has 2 aliphatic rings. The van der Waals surface area contributed by atoms with Crippen LogP contribution in [0.2, 0.25) is 0 Å². The van der Waals surface area contributed by atoms with E-state index in [0.717, 1.165) is 19.3 Å². The van der Waals surface area contributed by atoms with Gasteiger partial charge in [0.25, 0.3) is 0 Å². The quantitative estimate of drug-likeness (QED) is 0.681. The molecule has 0 radical (unpaired) electrons. The van der Waals surface area contributed by atoms with Gasteiger partial charge in [-0.15, -0.1) is 0 Å². The molecule has 2 amide bonds. The monoisotopic (exact) mass is 210 g/mol. The third-order valence-corrected chi connectivity index (χ3v) is 4.01. The van der Waals surface area contributed by atoms with Crippen LogP contribution in [0.1, 0.15) is 19.3 Å². The molecule has 2 aliphatic carbocycles. The van der Waals surface area contributed by atoms with Crippen LogP contribution in [-0.4, -0.2) is 25.9 Å². The van der Waals surface area contributed by atoms with Crippen LogP contribution in [0.4, 0.5) is 0 Å². The van der Waals surface area contributed by atoms with E-state index in [-0.39, 0.29) is 23.7 Å². The molecule has 2 bridgehead atoms. The average molecular weight is 210 g/mol. The fraction of sp³-hybridized carbons (Fsp3) is 0.818. The predicted molar refractivity (Wildman–Crippen MR) is 55.9 cm³/mol. The lowest BCUT2D eigenvalue weighted by atomic mass is 9.78. The fourth-order valence-corrected chi connectivity index (χ4v) is 3.38. The van der Waals surface area contributed by atoms with E-state index in [9.17, 15) is 9.59 Å². The maximum absolute atomic E-state index is 11.7. The number of fused-ring (bicyclic) bond motifs is 2. The van der Waals surface area contributed by atoms with Crippen LogP contribution < -0.4 is 10.6 Å². The SMILES string of the molecule is CNC(=O)[C@@H]1[C@@H]2CC[C@@H](C2)[C@@H]1C(=O)NC. The molecule has 15 heavy (non-hydrogen) atoms. The second kappa shape index (κ2) is 3.83. The second-order valence-corrected chi connectivity index (χ2v) is 4.61. The normalized spacial score (nSPS) is 37.7. The first-order valence-corrected chi connectivity index (χ1v) is 5.62. The summed E-state index contributed by atoms with van der Waals surface area (Å²) in [6.45, 7) is 0. The van der Waals surface area contributed by atoms with Gasteiger partial charge < -0.3 is 10.6 Å². The smallest absolute Gasteiger partial charge is 0.223 e. The van der Waals surface area contributed by atoms with Crippen LogP contribution in [0.15, 0.2) is 0 Å². The molecule has 0 aromatic heterocycles. The summed E-state index contributed by atoms with van der Waals surface area (Å²) in [5.74, 6) is 0.753. The van der Waals surface area contributed by atoms with Crippen molar-refractivity contribution in [3.8, 4) is 0 Å². The molecule has 0 saturated heterocycles. The Hall–Kier alpha value is -1.06. The molecule has 0 spiro atoms. The lowest BCUT2D eigenvalue weighted by molar-refractivity contribution is -0.136. The Morgan fingerprint density at radius 2 is 1.33 bits per heavy atom. The van der Waals surface area contributed by atoms with Crippen LogP contribution in [-0.2, 0) is 9.59 Å². The highest BCUT2D eigenvalue weighted by Crippen LogP contribution is 2.52. The number of hydrogen-bond donors (Lipinski definition) is 2. The third kappa shape index (κ3) is 1.52. The third-order valence-electron chi connectivity index (χ3n) is 4.01. The van der Waals surface area contributed by atoms with E-state index in [4.69, 9.17) is 0 Å². The zero-order valence-corrected chi connectivity index (χ0v) is 9.25. The van der Waals surface area contributed by atoms with E-state index >= 15 is 0 Å². The molecule has 0 heterocycles. The van der Waals surface area contributed by atoms with Crippen molar-refractivity contribution in [1.29, 1.82) is 0 Å². The van der Waals surface area contributed by atoms with Gasteiger partial charge in [0.1, 0.15) is 0 Å². The molecular weight excluding hydrogens is 192 g/mol. The highest BCUT2D eigenvalue weighted by Gasteiger charge is 2.53. The maximum Gasteiger partial charge on any atom is 0.223 e. The molecule has 4 nitrogen and oxygen atoms in total. The summed E-state index contributed by atoms with van der Waals surface area (Å²) < 4.78 is 0. The molecule has 0 aromatic rings. The van der Waals surface area contributed by atoms with Gasteiger partial charge in [-0.1, -0.05) is 0 Å². The van der Waals surface area contributed by atoms with E-state index in [1.165, 1.54) is 0 Å². The minimum absolute atomic E-state index is 0.0378. The van der Waals surface area contributed by atoms with Crippen molar-refractivity contribution in [1.82, 2.24) is 10.6 Å². The van der Waals surface area contributed by atoms with Gasteiger partial charge in [0.15, 0.2) is 0 Å². The zero-order valence-electron chi connectivity index (χ0n) is 9.25. The summed E-state index contributed by atoms with van der Waals surface area (Å²) in [6, 6.07) is 0. The molecule has 2 N–H and O–H groups in total. The molecule has 2 rings (SSSR count). The Morgan fingerprint density at radius 1 is 0.933 bits per heavy atom. The van der Waals surface area contributed by atoms with Crippen molar-refractivity contribution in [3.63, 3.8) is 0 Å². The molecule has 0 aromatic carbocycles. The standard InChI is InChI=1S/C11H18N2O2/c1-12-10(14)8-6-3-4-7(5-6)9(8)11(15)13-2/h6-9H,3-5H2,1-2H3,(H,12,14)(H,13,15)/t6-,7+,8-,9+. The van der Waals surface area contributed by atoms with E-state index in [0.29, 0.717) is 11.8 Å². The maximum atomic E-state index is 11.7. The van der Waals surface area contributed by atoms with Crippen molar-refractivity contribution >= 4 is 11.8 Å². The van der Waals surface area contributed by atoms with Gasteiger partial charge in [-0.3, -0.25) is 9.59 Å². The van der Waals surface area contributed by atoms with Gasteiger partial charge in [0.05, 0.1) is 11.8 Å². The second-order valence-electron chi connectivity index (χ2n) is 4.61. The lowest BCUT2D eigenvalue weighted by Crippen LogP contribution is -2.43. The molecule has 4 heteroatoms. The van der Waals surface area contributed by atoms with E-state index in [1.54, 1.807) is 14.1 Å².